The predicted molar refractivity (Wildman–Crippen MR) is 92.5 cm³/mol. The normalized spacial score (nSPS) is 10.7. The molecule has 0 atom stereocenters. The highest BCUT2D eigenvalue weighted by Crippen LogP contribution is 2.30. The van der Waals surface area contributed by atoms with Gasteiger partial charge in [0.1, 0.15) is 11.6 Å². The fourth-order valence-electron chi connectivity index (χ4n) is 2.35. The van der Waals surface area contributed by atoms with Gasteiger partial charge in [-0.1, -0.05) is 36.7 Å². The van der Waals surface area contributed by atoms with E-state index in [2.05, 4.69) is 32.8 Å². The number of halogens is 1. The summed E-state index contributed by atoms with van der Waals surface area (Å²) in [4.78, 5) is 19.8. The topological polar surface area (TPSA) is 55.0 Å². The molecule has 0 aliphatic rings. The molecule has 1 aromatic carbocycles. The zero-order valence-corrected chi connectivity index (χ0v) is 14.8. The maximum Gasteiger partial charge on any atom is 0.254 e. The van der Waals surface area contributed by atoms with E-state index in [0.29, 0.717) is 18.9 Å². The third kappa shape index (κ3) is 3.58. The Morgan fingerprint density at radius 3 is 2.64 bits per heavy atom. The van der Waals surface area contributed by atoms with Gasteiger partial charge < -0.3 is 9.72 Å². The first kappa shape index (κ1) is 16.7. The summed E-state index contributed by atoms with van der Waals surface area (Å²) < 4.78 is 6.71. The largest absolute Gasteiger partial charge is 0.493 e. The molecule has 1 N–H and O–H groups in total. The van der Waals surface area contributed by atoms with Crippen LogP contribution in [0.3, 0.4) is 0 Å². The number of H-pyrrole nitrogens is 1. The molecular weight excluding hydrogens is 344 g/mol. The third-order valence-corrected chi connectivity index (χ3v) is 3.94. The minimum Gasteiger partial charge on any atom is -0.493 e. The zero-order valence-electron chi connectivity index (χ0n) is 13.2. The molecule has 0 saturated heterocycles. The maximum atomic E-state index is 12.3. The molecule has 0 unspecified atom stereocenters. The monoisotopic (exact) mass is 364 g/mol. The van der Waals surface area contributed by atoms with Crippen LogP contribution in [0.15, 0.2) is 27.5 Å². The molecule has 0 spiro atoms. The Bertz CT molecular complexity index is 710. The highest BCUT2D eigenvalue weighted by atomic mass is 79.9. The number of hydrogen-bond acceptors (Lipinski definition) is 3. The number of aryl methyl sites for hydroxylation is 1. The van der Waals surface area contributed by atoms with E-state index >= 15 is 0 Å². The van der Waals surface area contributed by atoms with Crippen molar-refractivity contribution in [3.63, 3.8) is 0 Å². The summed E-state index contributed by atoms with van der Waals surface area (Å²) in [6, 6.07) is 5.75. The second-order valence-corrected chi connectivity index (χ2v) is 5.95. The van der Waals surface area contributed by atoms with Gasteiger partial charge in [-0.05, 0) is 37.5 Å². The van der Waals surface area contributed by atoms with Gasteiger partial charge in [0.2, 0.25) is 0 Å². The molecule has 2 rings (SSSR count). The van der Waals surface area contributed by atoms with Crippen molar-refractivity contribution in [2.75, 3.05) is 6.61 Å². The van der Waals surface area contributed by atoms with Gasteiger partial charge in [0.05, 0.1) is 17.9 Å². The first-order valence-electron chi connectivity index (χ1n) is 7.65. The second kappa shape index (κ2) is 7.58. The summed E-state index contributed by atoms with van der Waals surface area (Å²) in [5.41, 5.74) is 2.35. The highest BCUT2D eigenvalue weighted by molar-refractivity contribution is 9.10. The van der Waals surface area contributed by atoms with E-state index < -0.39 is 0 Å². The maximum absolute atomic E-state index is 12.3. The van der Waals surface area contributed by atoms with Crippen LogP contribution in [0.25, 0.3) is 11.4 Å². The van der Waals surface area contributed by atoms with Crippen molar-refractivity contribution in [2.24, 2.45) is 0 Å². The molecule has 4 nitrogen and oxygen atoms in total. The fraction of sp³-hybridized carbons (Fsp3) is 0.412. The van der Waals surface area contributed by atoms with Crippen molar-refractivity contribution in [3.8, 4) is 17.1 Å². The van der Waals surface area contributed by atoms with Gasteiger partial charge in [-0.25, -0.2) is 4.98 Å². The Kier molecular flexibility index (Phi) is 5.77. The van der Waals surface area contributed by atoms with Crippen molar-refractivity contribution in [1.82, 2.24) is 9.97 Å². The molecule has 0 saturated carbocycles. The van der Waals surface area contributed by atoms with Crippen LogP contribution < -0.4 is 10.3 Å². The SMILES string of the molecule is CCCOc1ccc(Br)cc1-c1nc(CC)c(CC)c(=O)[nH]1. The van der Waals surface area contributed by atoms with Gasteiger partial charge in [-0.15, -0.1) is 0 Å². The molecule has 1 aromatic heterocycles. The lowest BCUT2D eigenvalue weighted by Crippen LogP contribution is -2.18. The number of aromatic nitrogens is 2. The van der Waals surface area contributed by atoms with E-state index in [4.69, 9.17) is 4.74 Å². The minimum atomic E-state index is -0.0641. The molecule has 0 bridgehead atoms. The number of benzene rings is 1. The minimum absolute atomic E-state index is 0.0641. The van der Waals surface area contributed by atoms with E-state index in [1.807, 2.05) is 32.0 Å². The molecule has 0 aliphatic carbocycles. The molecule has 0 aliphatic heterocycles. The summed E-state index contributed by atoms with van der Waals surface area (Å²) in [5.74, 6) is 1.30. The molecule has 0 amide bonds. The Labute approximate surface area is 139 Å². The predicted octanol–water partition coefficient (Wildman–Crippen LogP) is 4.11. The number of nitrogens with zero attached hydrogens (tertiary/aromatic N) is 1. The van der Waals surface area contributed by atoms with Crippen LogP contribution in [0.5, 0.6) is 5.75 Å². The summed E-state index contributed by atoms with van der Waals surface area (Å²) in [6.45, 7) is 6.68. The number of ether oxygens (including phenoxy) is 1. The standard InChI is InChI=1S/C17H21BrN2O2/c1-4-9-22-15-8-7-11(18)10-13(15)16-19-14(6-3)12(5-2)17(21)20-16/h7-8,10H,4-6,9H2,1-3H3,(H,19,20,21). The van der Waals surface area contributed by atoms with Crippen LogP contribution in [-0.2, 0) is 12.8 Å². The molecule has 5 heteroatoms. The summed E-state index contributed by atoms with van der Waals surface area (Å²) in [5, 5.41) is 0. The molecule has 1 heterocycles. The lowest BCUT2D eigenvalue weighted by atomic mass is 10.1. The van der Waals surface area contributed by atoms with Gasteiger partial charge in [0, 0.05) is 10.0 Å². The quantitative estimate of drug-likeness (QED) is 0.838. The average Bonchev–Trinajstić information content (AvgIpc) is 2.52. The van der Waals surface area contributed by atoms with Gasteiger partial charge in [-0.3, -0.25) is 4.79 Å². The van der Waals surface area contributed by atoms with E-state index in [1.54, 1.807) is 0 Å². The van der Waals surface area contributed by atoms with Crippen LogP contribution in [0.4, 0.5) is 0 Å². The van der Waals surface area contributed by atoms with Crippen molar-refractivity contribution in [2.45, 2.75) is 40.0 Å². The Hall–Kier alpha value is -1.62. The van der Waals surface area contributed by atoms with Crippen LogP contribution >= 0.6 is 15.9 Å². The molecule has 118 valence electrons. The molecular formula is C17H21BrN2O2. The lowest BCUT2D eigenvalue weighted by molar-refractivity contribution is 0.318. The zero-order chi connectivity index (χ0) is 16.1. The smallest absolute Gasteiger partial charge is 0.254 e. The van der Waals surface area contributed by atoms with Crippen LogP contribution in [0.2, 0.25) is 0 Å². The summed E-state index contributed by atoms with van der Waals surface area (Å²) in [6.07, 6.45) is 2.34. The van der Waals surface area contributed by atoms with Crippen LogP contribution in [0, 0.1) is 0 Å². The van der Waals surface area contributed by atoms with E-state index in [0.717, 1.165) is 39.9 Å². The third-order valence-electron chi connectivity index (χ3n) is 3.45. The first-order valence-corrected chi connectivity index (χ1v) is 8.44. The van der Waals surface area contributed by atoms with E-state index in [1.165, 1.54) is 0 Å². The van der Waals surface area contributed by atoms with E-state index in [9.17, 15) is 4.79 Å². The Balaban J connectivity index is 2.58. The van der Waals surface area contributed by atoms with Crippen molar-refractivity contribution >= 4 is 15.9 Å². The molecule has 0 fully saturated rings. The molecule has 0 radical (unpaired) electrons. The number of rotatable bonds is 6. The van der Waals surface area contributed by atoms with Crippen molar-refractivity contribution in [3.05, 3.63) is 44.3 Å². The average molecular weight is 365 g/mol. The van der Waals surface area contributed by atoms with Crippen LogP contribution in [0.1, 0.15) is 38.4 Å². The summed E-state index contributed by atoms with van der Waals surface area (Å²) in [7, 11) is 0. The van der Waals surface area contributed by atoms with Gasteiger partial charge in [-0.2, -0.15) is 0 Å². The lowest BCUT2D eigenvalue weighted by Gasteiger charge is -2.13. The van der Waals surface area contributed by atoms with Gasteiger partial charge in [0.25, 0.3) is 5.56 Å². The number of nitrogens with one attached hydrogen (secondary N) is 1. The fourth-order valence-corrected chi connectivity index (χ4v) is 2.72. The van der Waals surface area contributed by atoms with E-state index in [-0.39, 0.29) is 5.56 Å². The number of aromatic amines is 1. The second-order valence-electron chi connectivity index (χ2n) is 5.04. The van der Waals surface area contributed by atoms with Crippen molar-refractivity contribution < 1.29 is 4.74 Å². The Morgan fingerprint density at radius 2 is 2.00 bits per heavy atom. The van der Waals surface area contributed by atoms with Crippen molar-refractivity contribution in [1.29, 1.82) is 0 Å². The van der Waals surface area contributed by atoms with Gasteiger partial charge in [0.15, 0.2) is 0 Å². The van der Waals surface area contributed by atoms with Crippen LogP contribution in [-0.4, -0.2) is 16.6 Å². The number of hydrogen-bond donors (Lipinski definition) is 1. The Morgan fingerprint density at radius 1 is 1.23 bits per heavy atom. The highest BCUT2D eigenvalue weighted by Gasteiger charge is 2.14. The molecule has 22 heavy (non-hydrogen) atoms. The first-order chi connectivity index (χ1) is 10.6. The summed E-state index contributed by atoms with van der Waals surface area (Å²) >= 11 is 3.47. The van der Waals surface area contributed by atoms with Gasteiger partial charge >= 0.3 is 0 Å². The molecule has 2 aromatic rings.